The number of hydrogen-bond acceptors (Lipinski definition) is 3. The third-order valence-corrected chi connectivity index (χ3v) is 4.87. The van der Waals surface area contributed by atoms with Crippen LogP contribution in [-0.2, 0) is 17.8 Å². The Morgan fingerprint density at radius 2 is 2.00 bits per heavy atom. The Kier molecular flexibility index (Phi) is 3.88. The van der Waals surface area contributed by atoms with Gasteiger partial charge in [-0.15, -0.1) is 0 Å². The summed E-state index contributed by atoms with van der Waals surface area (Å²) in [6.45, 7) is 0.233. The van der Waals surface area contributed by atoms with Crippen molar-refractivity contribution in [3.8, 4) is 5.75 Å². The van der Waals surface area contributed by atoms with Crippen molar-refractivity contribution < 1.29 is 19.4 Å². The smallest absolute Gasteiger partial charge is 0.326 e. The third kappa shape index (κ3) is 2.60. The van der Waals surface area contributed by atoms with Crippen LogP contribution in [0.1, 0.15) is 21.6 Å². The molecule has 1 unspecified atom stereocenters. The molecule has 3 aromatic rings. The lowest BCUT2D eigenvalue weighted by Crippen LogP contribution is -2.48. The van der Waals surface area contributed by atoms with Crippen LogP contribution in [0.5, 0.6) is 5.75 Å². The number of aromatic nitrogens is 1. The number of hydrogen-bond donors (Lipinski definition) is 2. The van der Waals surface area contributed by atoms with E-state index in [2.05, 4.69) is 4.98 Å². The molecule has 1 amide bonds. The number of H-pyrrole nitrogens is 1. The molecule has 0 radical (unpaired) electrons. The van der Waals surface area contributed by atoms with Gasteiger partial charge in [0.05, 0.1) is 13.7 Å². The summed E-state index contributed by atoms with van der Waals surface area (Å²) < 4.78 is 5.17. The number of aliphatic carboxylic acids is 1. The fourth-order valence-corrected chi connectivity index (χ4v) is 3.56. The molecule has 1 aliphatic rings. The average Bonchev–Trinajstić information content (AvgIpc) is 3.04. The first-order valence-electron chi connectivity index (χ1n) is 8.35. The summed E-state index contributed by atoms with van der Waals surface area (Å²) in [5.74, 6) is -0.760. The van der Waals surface area contributed by atoms with E-state index in [4.69, 9.17) is 4.74 Å². The van der Waals surface area contributed by atoms with Crippen molar-refractivity contribution in [2.24, 2.45) is 0 Å². The number of ether oxygens (including phenoxy) is 1. The van der Waals surface area contributed by atoms with E-state index in [1.165, 1.54) is 12.0 Å². The third-order valence-electron chi connectivity index (χ3n) is 4.87. The molecule has 0 aliphatic carbocycles. The molecule has 26 heavy (non-hydrogen) atoms. The van der Waals surface area contributed by atoms with Crippen LogP contribution in [-0.4, -0.2) is 40.0 Å². The maximum Gasteiger partial charge on any atom is 0.326 e. The summed E-state index contributed by atoms with van der Waals surface area (Å²) in [4.78, 5) is 29.6. The Balaban J connectivity index is 1.75. The number of para-hydroxylation sites is 1. The van der Waals surface area contributed by atoms with Crippen molar-refractivity contribution >= 4 is 22.8 Å². The second-order valence-corrected chi connectivity index (χ2v) is 6.35. The molecule has 4 rings (SSSR count). The molecule has 0 saturated carbocycles. The van der Waals surface area contributed by atoms with Gasteiger partial charge in [0.15, 0.2) is 0 Å². The number of rotatable bonds is 3. The molecule has 1 aromatic heterocycles. The first-order valence-corrected chi connectivity index (χ1v) is 8.35. The van der Waals surface area contributed by atoms with Gasteiger partial charge in [0.2, 0.25) is 0 Å². The standard InChI is InChI=1S/C20H18N2O4/c1-26-13-6-4-5-12(9-13)19(23)22-11-17-15(10-18(22)20(24)25)14-7-2-3-8-16(14)21-17/h2-9,18,21H,10-11H2,1H3,(H,24,25). The number of nitrogens with zero attached hydrogens (tertiary/aromatic N) is 1. The summed E-state index contributed by atoms with van der Waals surface area (Å²) >= 11 is 0. The number of benzene rings is 2. The highest BCUT2D eigenvalue weighted by molar-refractivity contribution is 5.98. The second kappa shape index (κ2) is 6.22. The zero-order valence-corrected chi connectivity index (χ0v) is 14.2. The van der Waals surface area contributed by atoms with Gasteiger partial charge in [-0.2, -0.15) is 0 Å². The topological polar surface area (TPSA) is 82.6 Å². The molecule has 6 heteroatoms. The second-order valence-electron chi connectivity index (χ2n) is 6.35. The number of methoxy groups -OCH3 is 1. The number of carboxylic acid groups (broad SMARTS) is 1. The molecule has 0 saturated heterocycles. The van der Waals surface area contributed by atoms with Gasteiger partial charge in [0, 0.05) is 28.6 Å². The lowest BCUT2D eigenvalue weighted by molar-refractivity contribution is -0.142. The molecule has 6 nitrogen and oxygen atoms in total. The van der Waals surface area contributed by atoms with Crippen LogP contribution in [0.15, 0.2) is 48.5 Å². The summed E-state index contributed by atoms with van der Waals surface area (Å²) in [6, 6.07) is 13.7. The van der Waals surface area contributed by atoms with E-state index in [9.17, 15) is 14.7 Å². The number of aromatic amines is 1. The number of fused-ring (bicyclic) bond motifs is 3. The monoisotopic (exact) mass is 350 g/mol. The maximum atomic E-state index is 13.0. The first kappa shape index (κ1) is 16.2. The van der Waals surface area contributed by atoms with Crippen LogP contribution >= 0.6 is 0 Å². The first-order chi connectivity index (χ1) is 12.6. The van der Waals surface area contributed by atoms with E-state index >= 15 is 0 Å². The number of carbonyl (C=O) groups is 2. The highest BCUT2D eigenvalue weighted by Crippen LogP contribution is 2.31. The summed E-state index contributed by atoms with van der Waals surface area (Å²) in [5, 5.41) is 10.7. The fourth-order valence-electron chi connectivity index (χ4n) is 3.56. The molecule has 0 bridgehead atoms. The fraction of sp³-hybridized carbons (Fsp3) is 0.200. The number of nitrogens with one attached hydrogen (secondary N) is 1. The molecule has 132 valence electrons. The average molecular weight is 350 g/mol. The van der Waals surface area contributed by atoms with E-state index in [1.54, 1.807) is 24.3 Å². The predicted molar refractivity (Wildman–Crippen MR) is 96.3 cm³/mol. The zero-order chi connectivity index (χ0) is 18.3. The molecular formula is C20H18N2O4. The maximum absolute atomic E-state index is 13.0. The van der Waals surface area contributed by atoms with Crippen molar-refractivity contribution in [2.45, 2.75) is 19.0 Å². The molecule has 2 N–H and O–H groups in total. The number of carbonyl (C=O) groups excluding carboxylic acids is 1. The van der Waals surface area contributed by atoms with Crippen molar-refractivity contribution in [3.63, 3.8) is 0 Å². The molecule has 0 fully saturated rings. The highest BCUT2D eigenvalue weighted by atomic mass is 16.5. The largest absolute Gasteiger partial charge is 0.497 e. The van der Waals surface area contributed by atoms with Crippen molar-refractivity contribution in [1.82, 2.24) is 9.88 Å². The molecule has 1 atom stereocenters. The van der Waals surface area contributed by atoms with Gasteiger partial charge in [-0.25, -0.2) is 4.79 Å². The highest BCUT2D eigenvalue weighted by Gasteiger charge is 2.36. The van der Waals surface area contributed by atoms with Crippen molar-refractivity contribution in [2.75, 3.05) is 7.11 Å². The Labute approximate surface area is 150 Å². The number of amides is 1. The van der Waals surface area contributed by atoms with Crippen LogP contribution in [0.3, 0.4) is 0 Å². The molecule has 1 aliphatic heterocycles. The van der Waals surface area contributed by atoms with Crippen LogP contribution < -0.4 is 4.74 Å². The summed E-state index contributed by atoms with van der Waals surface area (Å²) in [6.07, 6.45) is 0.282. The molecule has 2 aromatic carbocycles. The van der Waals surface area contributed by atoms with Gasteiger partial charge in [-0.1, -0.05) is 24.3 Å². The van der Waals surface area contributed by atoms with Gasteiger partial charge in [-0.05, 0) is 29.8 Å². The van der Waals surface area contributed by atoms with Crippen LogP contribution in [0.25, 0.3) is 10.9 Å². The van der Waals surface area contributed by atoms with Crippen molar-refractivity contribution in [3.05, 3.63) is 65.4 Å². The summed E-state index contributed by atoms with van der Waals surface area (Å²) in [7, 11) is 1.53. The molecule has 2 heterocycles. The Morgan fingerprint density at radius 1 is 1.19 bits per heavy atom. The van der Waals surface area contributed by atoms with Gasteiger partial charge < -0.3 is 19.7 Å². The summed E-state index contributed by atoms with van der Waals surface area (Å²) in [5.41, 5.74) is 3.23. The van der Waals surface area contributed by atoms with Crippen LogP contribution in [0.4, 0.5) is 0 Å². The predicted octanol–water partition coefficient (Wildman–Crippen LogP) is 2.83. The lowest BCUT2D eigenvalue weighted by Gasteiger charge is -2.33. The Morgan fingerprint density at radius 3 is 2.77 bits per heavy atom. The minimum atomic E-state index is -1.00. The van der Waals surface area contributed by atoms with E-state index in [0.29, 0.717) is 11.3 Å². The van der Waals surface area contributed by atoms with E-state index < -0.39 is 12.0 Å². The van der Waals surface area contributed by atoms with Gasteiger partial charge >= 0.3 is 5.97 Å². The lowest BCUT2D eigenvalue weighted by atomic mass is 9.96. The van der Waals surface area contributed by atoms with Crippen molar-refractivity contribution in [1.29, 1.82) is 0 Å². The van der Waals surface area contributed by atoms with Crippen LogP contribution in [0.2, 0.25) is 0 Å². The molecular weight excluding hydrogens is 332 g/mol. The normalized spacial score (nSPS) is 16.3. The van der Waals surface area contributed by atoms with E-state index in [0.717, 1.165) is 22.2 Å². The number of carboxylic acids is 1. The van der Waals surface area contributed by atoms with Gasteiger partial charge in [-0.3, -0.25) is 4.79 Å². The SMILES string of the molecule is COc1cccc(C(=O)N2Cc3[nH]c4ccccc4c3CC2C(=O)O)c1. The van der Waals surface area contributed by atoms with Gasteiger partial charge in [0.1, 0.15) is 11.8 Å². The quantitative estimate of drug-likeness (QED) is 0.761. The van der Waals surface area contributed by atoms with E-state index in [1.807, 2.05) is 24.3 Å². The van der Waals surface area contributed by atoms with E-state index in [-0.39, 0.29) is 18.9 Å². The Hall–Kier alpha value is -3.28. The molecule has 0 spiro atoms. The Bertz CT molecular complexity index is 1010. The minimum Gasteiger partial charge on any atom is -0.497 e. The zero-order valence-electron chi connectivity index (χ0n) is 14.2. The minimum absolute atomic E-state index is 0.233. The van der Waals surface area contributed by atoms with Gasteiger partial charge in [0.25, 0.3) is 5.91 Å². The van der Waals surface area contributed by atoms with Crippen LogP contribution in [0, 0.1) is 0 Å².